The fraction of sp³-hybridized carbons (Fsp3) is 0.286. The molecule has 0 fully saturated rings. The topological polar surface area (TPSA) is 32.9 Å². The summed E-state index contributed by atoms with van der Waals surface area (Å²) in [4.78, 5) is 11.9. The predicted octanol–water partition coefficient (Wildman–Crippen LogP) is 2.47. The van der Waals surface area contributed by atoms with Crippen molar-refractivity contribution in [3.63, 3.8) is 0 Å². The Bertz CT molecular complexity index is 420. The van der Waals surface area contributed by atoms with Crippen molar-refractivity contribution in [3.05, 3.63) is 33.5 Å². The summed E-state index contributed by atoms with van der Waals surface area (Å²) in [5.74, 6) is -2.11. The molecule has 0 aliphatic rings. The van der Waals surface area contributed by atoms with E-state index in [4.69, 9.17) is 0 Å². The molecule has 2 nitrogen and oxygen atoms in total. The van der Waals surface area contributed by atoms with Gasteiger partial charge in [0, 0.05) is 6.20 Å². The second-order valence-corrected chi connectivity index (χ2v) is 2.56. The highest BCUT2D eigenvalue weighted by atomic mass is 19.4. The summed E-state index contributed by atoms with van der Waals surface area (Å²) in [5, 5.41) is 0. The molecule has 84 valence electrons. The van der Waals surface area contributed by atoms with Gasteiger partial charge in [-0.1, -0.05) is 0 Å². The van der Waals surface area contributed by atoms with E-state index in [1.165, 1.54) is 4.98 Å². The van der Waals surface area contributed by atoms with Gasteiger partial charge in [0.25, 0.3) is 12.0 Å². The lowest BCUT2D eigenvalue weighted by Gasteiger charge is -2.11. The minimum absolute atomic E-state index is 0.0207. The molecule has 1 aromatic heterocycles. The maximum Gasteiger partial charge on any atom is 0.418 e. The molecule has 1 heterocycles. The van der Waals surface area contributed by atoms with E-state index in [-0.39, 0.29) is 6.20 Å². The molecule has 0 radical (unpaired) electrons. The van der Waals surface area contributed by atoms with Gasteiger partial charge in [0.1, 0.15) is 0 Å². The Hall–Kier alpha value is -1.47. The first-order chi connectivity index (χ1) is 6.75. The van der Waals surface area contributed by atoms with Gasteiger partial charge in [-0.3, -0.25) is 4.79 Å². The van der Waals surface area contributed by atoms with Crippen molar-refractivity contribution in [1.82, 2.24) is 4.98 Å². The zero-order valence-electron chi connectivity index (χ0n) is 6.83. The number of aromatic amines is 1. The highest BCUT2D eigenvalue weighted by molar-refractivity contribution is 5.28. The average molecular weight is 231 g/mol. The normalized spacial score (nSPS) is 12.2. The van der Waals surface area contributed by atoms with E-state index in [1.807, 2.05) is 0 Å². The van der Waals surface area contributed by atoms with E-state index in [9.17, 15) is 31.1 Å². The number of pyridine rings is 1. The first kappa shape index (κ1) is 11.6. The van der Waals surface area contributed by atoms with Crippen LogP contribution in [0.2, 0.25) is 0 Å². The summed E-state index contributed by atoms with van der Waals surface area (Å²) in [7, 11) is 0. The minimum atomic E-state index is -5.14. The summed E-state index contributed by atoms with van der Waals surface area (Å²) in [6.07, 6.45) is -8.83. The van der Waals surface area contributed by atoms with Crippen LogP contribution < -0.4 is 5.56 Å². The van der Waals surface area contributed by atoms with Crippen LogP contribution in [0.4, 0.5) is 26.3 Å². The molecule has 0 atom stereocenters. The molecule has 1 rings (SSSR count). The molecular weight excluding hydrogens is 228 g/mol. The van der Waals surface area contributed by atoms with Gasteiger partial charge in [-0.25, -0.2) is 13.2 Å². The van der Waals surface area contributed by atoms with Crippen LogP contribution in [0.1, 0.15) is 17.6 Å². The largest absolute Gasteiger partial charge is 0.418 e. The number of halogens is 6. The Morgan fingerprint density at radius 2 is 1.80 bits per heavy atom. The minimum Gasteiger partial charge on any atom is -0.326 e. The Kier molecular flexibility index (Phi) is 2.78. The second-order valence-electron chi connectivity index (χ2n) is 2.56. The van der Waals surface area contributed by atoms with Gasteiger partial charge in [-0.05, 0) is 0 Å². The first-order valence-corrected chi connectivity index (χ1v) is 3.51. The molecule has 15 heavy (non-hydrogen) atoms. The summed E-state index contributed by atoms with van der Waals surface area (Å²) in [6, 6.07) is 0. The fourth-order valence-electron chi connectivity index (χ4n) is 0.967. The van der Waals surface area contributed by atoms with E-state index in [1.54, 1.807) is 0 Å². The van der Waals surface area contributed by atoms with Crippen LogP contribution in [0.3, 0.4) is 0 Å². The molecule has 0 aromatic carbocycles. The predicted molar refractivity (Wildman–Crippen MR) is 37.0 cm³/mol. The van der Waals surface area contributed by atoms with Crippen molar-refractivity contribution < 1.29 is 26.3 Å². The zero-order valence-corrected chi connectivity index (χ0v) is 6.83. The molecule has 0 bridgehead atoms. The van der Waals surface area contributed by atoms with E-state index in [0.29, 0.717) is 0 Å². The van der Waals surface area contributed by atoms with Crippen LogP contribution in [0.25, 0.3) is 0 Å². The van der Waals surface area contributed by atoms with Crippen LogP contribution in [0.5, 0.6) is 0 Å². The second kappa shape index (κ2) is 3.59. The number of rotatable bonds is 1. The Morgan fingerprint density at radius 3 is 2.20 bits per heavy atom. The van der Waals surface area contributed by atoms with Crippen LogP contribution in [-0.4, -0.2) is 4.98 Å². The van der Waals surface area contributed by atoms with Crippen molar-refractivity contribution in [1.29, 1.82) is 0 Å². The van der Waals surface area contributed by atoms with Crippen molar-refractivity contribution >= 4 is 0 Å². The summed E-state index contributed by atoms with van der Waals surface area (Å²) >= 11 is 0. The maximum atomic E-state index is 12.7. The third-order valence-electron chi connectivity index (χ3n) is 1.60. The summed E-state index contributed by atoms with van der Waals surface area (Å²) in [5.41, 5.74) is -5.42. The molecule has 0 spiro atoms. The number of hydrogen-bond donors (Lipinski definition) is 1. The molecule has 0 aliphatic heterocycles. The molecule has 0 saturated heterocycles. The van der Waals surface area contributed by atoms with E-state index < -0.39 is 35.1 Å². The number of aromatic nitrogens is 1. The van der Waals surface area contributed by atoms with Gasteiger partial charge in [0.2, 0.25) is 0 Å². The number of nitrogens with one attached hydrogen (secondary N) is 1. The van der Waals surface area contributed by atoms with Gasteiger partial charge in [-0.2, -0.15) is 13.2 Å². The maximum absolute atomic E-state index is 12.7. The van der Waals surface area contributed by atoms with Gasteiger partial charge >= 0.3 is 6.18 Å². The molecule has 8 heteroatoms. The van der Waals surface area contributed by atoms with E-state index >= 15 is 0 Å². The van der Waals surface area contributed by atoms with Crippen LogP contribution in [0.15, 0.2) is 11.0 Å². The van der Waals surface area contributed by atoms with Crippen molar-refractivity contribution in [3.8, 4) is 0 Å². The van der Waals surface area contributed by atoms with E-state index in [0.717, 1.165) is 0 Å². The Morgan fingerprint density at radius 1 is 1.27 bits per heavy atom. The van der Waals surface area contributed by atoms with Crippen molar-refractivity contribution in [2.75, 3.05) is 0 Å². The molecular formula is C7H3F6NO. The third kappa shape index (κ3) is 2.13. The summed E-state index contributed by atoms with van der Waals surface area (Å²) < 4.78 is 73.2. The monoisotopic (exact) mass is 231 g/mol. The Labute approximate surface area is 78.5 Å². The first-order valence-electron chi connectivity index (χ1n) is 3.51. The zero-order chi connectivity index (χ0) is 11.8. The lowest BCUT2D eigenvalue weighted by molar-refractivity contribution is -0.140. The number of hydrogen-bond acceptors (Lipinski definition) is 1. The molecule has 0 amide bonds. The van der Waals surface area contributed by atoms with Gasteiger partial charge in [0.15, 0.2) is 5.82 Å². The van der Waals surface area contributed by atoms with Gasteiger partial charge in [0.05, 0.1) is 11.1 Å². The molecule has 0 unspecified atom stereocenters. The average Bonchev–Trinajstić information content (AvgIpc) is 2.06. The van der Waals surface area contributed by atoms with Gasteiger partial charge in [-0.15, -0.1) is 0 Å². The highest BCUT2D eigenvalue weighted by Gasteiger charge is 2.38. The fourth-order valence-corrected chi connectivity index (χ4v) is 0.967. The number of alkyl halides is 5. The lowest BCUT2D eigenvalue weighted by Crippen LogP contribution is -2.20. The molecule has 1 N–H and O–H groups in total. The molecule has 1 aromatic rings. The lowest BCUT2D eigenvalue weighted by atomic mass is 10.1. The highest BCUT2D eigenvalue weighted by Crippen LogP contribution is 2.35. The summed E-state index contributed by atoms with van der Waals surface area (Å²) in [6.45, 7) is 0. The van der Waals surface area contributed by atoms with Crippen LogP contribution in [0, 0.1) is 5.82 Å². The quantitative estimate of drug-likeness (QED) is 0.740. The Balaban J connectivity index is 3.55. The van der Waals surface area contributed by atoms with Crippen LogP contribution >= 0.6 is 0 Å². The molecule has 0 aliphatic carbocycles. The number of H-pyrrole nitrogens is 1. The van der Waals surface area contributed by atoms with Gasteiger partial charge < -0.3 is 4.98 Å². The van der Waals surface area contributed by atoms with Crippen molar-refractivity contribution in [2.45, 2.75) is 12.6 Å². The third-order valence-corrected chi connectivity index (χ3v) is 1.60. The van der Waals surface area contributed by atoms with Crippen molar-refractivity contribution in [2.24, 2.45) is 0 Å². The van der Waals surface area contributed by atoms with Crippen LogP contribution in [-0.2, 0) is 6.18 Å². The van der Waals surface area contributed by atoms with E-state index in [2.05, 4.69) is 0 Å². The standard InChI is InChI=1S/C7H3F6NO/c8-4-3(5(9)10)2(7(11,12)13)1-14-6(4)15/h1,5H,(H,14,15). The SMILES string of the molecule is O=c1[nH]cc(C(F)(F)F)c(C(F)F)c1F. The smallest absolute Gasteiger partial charge is 0.326 e. The molecule has 0 saturated carbocycles.